The third-order valence-electron chi connectivity index (χ3n) is 7.02. The number of benzene rings is 5. The van der Waals surface area contributed by atoms with Gasteiger partial charge in [-0.05, 0) is 72.8 Å². The molecule has 0 atom stereocenters. The van der Waals surface area contributed by atoms with Crippen LogP contribution < -0.4 is 31.8 Å². The van der Waals surface area contributed by atoms with Gasteiger partial charge in [0.15, 0.2) is 0 Å². The molecule has 2 nitrogen and oxygen atoms in total. The first kappa shape index (κ1) is 35.1. The third kappa shape index (κ3) is 12.2. The average molecular weight is 757 g/mol. The van der Waals surface area contributed by atoms with E-state index in [1.54, 1.807) is 0 Å². The molecule has 230 valence electrons. The summed E-state index contributed by atoms with van der Waals surface area (Å²) in [5, 5.41) is 10.8. The van der Waals surface area contributed by atoms with Gasteiger partial charge in [0.1, 0.15) is 15.9 Å². The molecule has 0 saturated carbocycles. The first-order valence-electron chi connectivity index (χ1n) is 14.8. The van der Waals surface area contributed by atoms with Crippen molar-refractivity contribution in [2.75, 3.05) is 12.7 Å². The van der Waals surface area contributed by atoms with Crippen LogP contribution in [0.1, 0.15) is 5.69 Å². The van der Waals surface area contributed by atoms with E-state index in [9.17, 15) is 0 Å². The molecule has 0 fully saturated rings. The minimum atomic E-state index is -0.877. The van der Waals surface area contributed by atoms with Crippen molar-refractivity contribution in [1.29, 1.82) is 0 Å². The molecule has 1 aromatic heterocycles. The summed E-state index contributed by atoms with van der Waals surface area (Å²) in [6.07, 6.45) is 3.02. The van der Waals surface area contributed by atoms with Crippen LogP contribution in [0.25, 0.3) is 0 Å². The average Bonchev–Trinajstić information content (AvgIpc) is 3.12. The number of halogens is 2. The molecule has 6 aromatic rings. The number of nitrogens with zero attached hydrogens (tertiary/aromatic N) is 1. The topological polar surface area (TPSA) is 24.9 Å². The van der Waals surface area contributed by atoms with E-state index in [-0.39, 0.29) is 15.1 Å². The van der Waals surface area contributed by atoms with E-state index in [1.807, 2.05) is 18.3 Å². The van der Waals surface area contributed by atoms with Crippen LogP contribution in [-0.2, 0) is 21.7 Å². The van der Waals surface area contributed by atoms with Crippen LogP contribution in [0.3, 0.4) is 0 Å². The molecule has 0 aliphatic rings. The molecular formula is C38H38Cl2N2P2Ru+2. The van der Waals surface area contributed by atoms with Crippen LogP contribution in [0, 0.1) is 0 Å². The predicted molar refractivity (Wildman–Crippen MR) is 200 cm³/mol. The second kappa shape index (κ2) is 21.1. The minimum absolute atomic E-state index is 0.346. The Kier molecular flexibility index (Phi) is 16.5. The van der Waals surface area contributed by atoms with Crippen molar-refractivity contribution in [3.63, 3.8) is 0 Å². The summed E-state index contributed by atoms with van der Waals surface area (Å²) in [5.41, 5.74) is 1.10. The van der Waals surface area contributed by atoms with Gasteiger partial charge in [0.25, 0.3) is 0 Å². The maximum Gasteiger partial charge on any atom is 0.102 e. The van der Waals surface area contributed by atoms with Crippen molar-refractivity contribution in [3.05, 3.63) is 182 Å². The molecule has 45 heavy (non-hydrogen) atoms. The van der Waals surface area contributed by atoms with Gasteiger partial charge in [-0.2, -0.15) is 0 Å². The molecule has 0 spiro atoms. The van der Waals surface area contributed by atoms with E-state index in [4.69, 9.17) is 19.4 Å². The Morgan fingerprint density at radius 1 is 0.489 bits per heavy atom. The second-order valence-corrected chi connectivity index (χ2v) is 17.7. The Labute approximate surface area is 286 Å². The van der Waals surface area contributed by atoms with Crippen molar-refractivity contribution in [2.24, 2.45) is 0 Å². The Balaban J connectivity index is 0.000000191. The van der Waals surface area contributed by atoms with Crippen LogP contribution in [0.2, 0.25) is 0 Å². The van der Waals surface area contributed by atoms with Crippen molar-refractivity contribution >= 4 is 61.7 Å². The smallest absolute Gasteiger partial charge is 0.102 e. The van der Waals surface area contributed by atoms with Crippen molar-refractivity contribution in [3.8, 4) is 0 Å². The summed E-state index contributed by atoms with van der Waals surface area (Å²) in [7, 11) is 8.09. The molecular weight excluding hydrogens is 718 g/mol. The van der Waals surface area contributed by atoms with Gasteiger partial charge in [0, 0.05) is 19.3 Å². The number of aromatic nitrogens is 1. The Morgan fingerprint density at radius 2 is 0.844 bits per heavy atom. The number of rotatable bonds is 10. The monoisotopic (exact) mass is 756 g/mol. The molecule has 0 aliphatic heterocycles. The quantitative estimate of drug-likeness (QED) is 0.0886. The van der Waals surface area contributed by atoms with E-state index >= 15 is 0 Å². The van der Waals surface area contributed by atoms with Gasteiger partial charge in [-0.3, -0.25) is 4.98 Å². The molecule has 6 rings (SSSR count). The largest absolute Gasteiger partial charge is 0.308 e. The zero-order valence-electron chi connectivity index (χ0n) is 24.9. The second-order valence-electron chi connectivity index (χ2n) is 9.98. The first-order valence-corrected chi connectivity index (χ1v) is 22.4. The summed E-state index contributed by atoms with van der Waals surface area (Å²) >= 11 is -0.346. The fraction of sp³-hybridized carbons (Fsp3) is 0.0789. The molecule has 0 bridgehead atoms. The Morgan fingerprint density at radius 3 is 1.20 bits per heavy atom. The Hall–Kier alpha value is -2.73. The fourth-order valence-electron chi connectivity index (χ4n) is 4.98. The number of hydrogen-bond donors (Lipinski definition) is 1. The molecule has 1 heterocycles. The van der Waals surface area contributed by atoms with Gasteiger partial charge in [-0.15, -0.1) is 0 Å². The molecule has 0 unspecified atom stereocenters. The van der Waals surface area contributed by atoms with Crippen LogP contribution in [0.15, 0.2) is 176 Å². The molecule has 0 saturated heterocycles. The van der Waals surface area contributed by atoms with E-state index < -0.39 is 15.8 Å². The van der Waals surface area contributed by atoms with Gasteiger partial charge in [-0.1, -0.05) is 97.1 Å². The normalized spacial score (nSPS) is 10.5. The summed E-state index contributed by atoms with van der Waals surface area (Å²) in [6, 6.07) is 60.4. The predicted octanol–water partition coefficient (Wildman–Crippen LogP) is 7.59. The maximum atomic E-state index is 4.85. The van der Waals surface area contributed by atoms with E-state index in [1.165, 1.54) is 32.7 Å². The minimum Gasteiger partial charge on any atom is -0.308 e. The van der Waals surface area contributed by atoms with Gasteiger partial charge >= 0.3 is 34.5 Å². The summed E-state index contributed by atoms with van der Waals surface area (Å²) < 4.78 is 0. The third-order valence-corrected chi connectivity index (χ3v) is 12.6. The fourth-order valence-corrected chi connectivity index (χ4v) is 10.1. The van der Waals surface area contributed by atoms with Gasteiger partial charge in [0.05, 0.1) is 38.3 Å². The van der Waals surface area contributed by atoms with Crippen LogP contribution in [-0.4, -0.2) is 17.7 Å². The molecule has 5 aromatic carbocycles. The summed E-state index contributed by atoms with van der Waals surface area (Å²) in [5.74, 6) is 0. The first-order chi connectivity index (χ1) is 22.3. The van der Waals surface area contributed by atoms with Gasteiger partial charge in [-0.25, -0.2) is 0 Å². The zero-order chi connectivity index (χ0) is 31.4. The van der Waals surface area contributed by atoms with E-state index in [0.29, 0.717) is 0 Å². The number of nitrogens with one attached hydrogen (secondary N) is 1. The summed E-state index contributed by atoms with van der Waals surface area (Å²) in [4.78, 5) is 4.36. The summed E-state index contributed by atoms with van der Waals surface area (Å²) in [6.45, 7) is 1.84. The standard InChI is InChI=1S/C20H21N2P.C18H15P.2ClH.Ru/c1-3-10-19(11-4-1)23(20-12-5-2-6-13-20)16-15-21-17-18-9-7-8-14-22-18;1-4-10-16(11-5-1)19(17-12-6-2-7-13-17)18-14-8-3-9-15-18;;;/h1-14,21H,15-17H2;1-15H;2*1H;/q;;;;+2. The van der Waals surface area contributed by atoms with Crippen LogP contribution in [0.4, 0.5) is 0 Å². The molecule has 1 N–H and O–H groups in total. The van der Waals surface area contributed by atoms with Gasteiger partial charge < -0.3 is 5.32 Å². The zero-order valence-corrected chi connectivity index (χ0v) is 30.2. The molecule has 0 amide bonds. The number of hydrogen-bond acceptors (Lipinski definition) is 2. The number of pyridine rings is 1. The van der Waals surface area contributed by atoms with Crippen molar-refractivity contribution in [2.45, 2.75) is 6.54 Å². The SMILES string of the molecule is [Cl][Ru][Cl].c1ccc([PH+](CCNCc2ccccn2)c2ccccc2)cc1.c1ccc([PH+](c2ccccc2)c2ccccc2)cc1. The van der Waals surface area contributed by atoms with E-state index in [2.05, 4.69) is 168 Å². The molecule has 0 aliphatic carbocycles. The van der Waals surface area contributed by atoms with Crippen molar-refractivity contribution < 1.29 is 15.1 Å². The molecule has 7 heteroatoms. The van der Waals surface area contributed by atoms with Crippen molar-refractivity contribution in [1.82, 2.24) is 10.3 Å². The maximum absolute atomic E-state index is 4.85. The molecule has 0 radical (unpaired) electrons. The Bertz CT molecular complexity index is 1450. The van der Waals surface area contributed by atoms with Gasteiger partial charge in [0.2, 0.25) is 0 Å². The van der Waals surface area contributed by atoms with Crippen LogP contribution in [0.5, 0.6) is 0 Å². The van der Waals surface area contributed by atoms with E-state index in [0.717, 1.165) is 18.8 Å². The van der Waals surface area contributed by atoms with Crippen LogP contribution >= 0.6 is 35.2 Å².